The van der Waals surface area contributed by atoms with Crippen molar-refractivity contribution in [1.82, 2.24) is 0 Å². The van der Waals surface area contributed by atoms with Crippen molar-refractivity contribution in [3.63, 3.8) is 0 Å². The number of carbonyl (C=O) groups is 2. The SMILES string of the molecule is CCOC(=O)COc1ccc(/C=C/C(=O)CC[NH2+]C(C)C(O)c2ccccc2)cc1.[Cl-]. The third kappa shape index (κ3) is 9.79. The van der Waals surface area contributed by atoms with Crippen LogP contribution < -0.4 is 22.5 Å². The second-order valence-electron chi connectivity index (χ2n) is 6.95. The van der Waals surface area contributed by atoms with E-state index >= 15 is 0 Å². The van der Waals surface area contributed by atoms with Crippen LogP contribution in [0.1, 0.15) is 37.5 Å². The summed E-state index contributed by atoms with van der Waals surface area (Å²) in [5.41, 5.74) is 1.74. The molecule has 0 fully saturated rings. The van der Waals surface area contributed by atoms with Crippen LogP contribution in [0.3, 0.4) is 0 Å². The summed E-state index contributed by atoms with van der Waals surface area (Å²) in [5.74, 6) is 0.178. The van der Waals surface area contributed by atoms with E-state index in [1.165, 1.54) is 0 Å². The molecule has 0 saturated carbocycles. The van der Waals surface area contributed by atoms with Gasteiger partial charge in [0, 0.05) is 0 Å². The Bertz CT molecular complexity index is 824. The first-order valence-electron chi connectivity index (χ1n) is 10.1. The van der Waals surface area contributed by atoms with E-state index in [4.69, 9.17) is 9.47 Å². The number of ketones is 1. The standard InChI is InChI=1S/C24H29NO5.ClH/c1-3-29-23(27)17-30-22-13-10-19(11-14-22)9-12-21(26)15-16-25-18(2)24(28)20-7-5-4-6-8-20;/h4-14,18,24-25,28H,3,15-17H2,1-2H3;1H/b12-9+;. The van der Waals surface area contributed by atoms with Crippen molar-refractivity contribution < 1.29 is 41.9 Å². The van der Waals surface area contributed by atoms with E-state index in [9.17, 15) is 14.7 Å². The maximum absolute atomic E-state index is 12.1. The van der Waals surface area contributed by atoms with E-state index in [-0.39, 0.29) is 30.8 Å². The summed E-state index contributed by atoms with van der Waals surface area (Å²) in [6, 6.07) is 16.6. The number of carbonyl (C=O) groups excluding carboxylic acids is 2. The molecule has 0 aliphatic carbocycles. The first kappa shape index (κ1) is 26.4. The van der Waals surface area contributed by atoms with Crippen LogP contribution in [0, 0.1) is 0 Å². The molecule has 0 heterocycles. The fourth-order valence-corrected chi connectivity index (χ4v) is 2.86. The number of halogens is 1. The number of benzene rings is 2. The van der Waals surface area contributed by atoms with Crippen LogP contribution in [0.15, 0.2) is 60.7 Å². The summed E-state index contributed by atoms with van der Waals surface area (Å²) in [7, 11) is 0. The van der Waals surface area contributed by atoms with Gasteiger partial charge in [-0.1, -0.05) is 48.5 Å². The molecule has 2 aromatic carbocycles. The molecule has 3 N–H and O–H groups in total. The molecule has 168 valence electrons. The number of aliphatic hydroxyl groups excluding tert-OH is 1. The quantitative estimate of drug-likeness (QED) is 0.331. The molecular weight excluding hydrogens is 418 g/mol. The smallest absolute Gasteiger partial charge is 0.344 e. The topological polar surface area (TPSA) is 89.4 Å². The summed E-state index contributed by atoms with van der Waals surface area (Å²) >= 11 is 0. The minimum atomic E-state index is -0.568. The van der Waals surface area contributed by atoms with Crippen LogP contribution >= 0.6 is 0 Å². The number of rotatable bonds is 12. The molecule has 0 saturated heterocycles. The average molecular weight is 448 g/mol. The minimum Gasteiger partial charge on any atom is -1.00 e. The highest BCUT2D eigenvalue weighted by Gasteiger charge is 2.18. The number of esters is 1. The van der Waals surface area contributed by atoms with Crippen LogP contribution in [0.4, 0.5) is 0 Å². The predicted molar refractivity (Wildman–Crippen MR) is 115 cm³/mol. The van der Waals surface area contributed by atoms with Crippen molar-refractivity contribution in [2.24, 2.45) is 0 Å². The molecule has 0 aliphatic rings. The van der Waals surface area contributed by atoms with E-state index in [1.54, 1.807) is 31.2 Å². The molecule has 2 rings (SSSR count). The number of nitrogens with two attached hydrogens (primary N) is 1. The Labute approximate surface area is 189 Å². The highest BCUT2D eigenvalue weighted by Crippen LogP contribution is 2.14. The van der Waals surface area contributed by atoms with Gasteiger partial charge in [0.05, 0.1) is 19.6 Å². The zero-order valence-corrected chi connectivity index (χ0v) is 18.6. The van der Waals surface area contributed by atoms with Crippen molar-refractivity contribution in [3.8, 4) is 5.75 Å². The van der Waals surface area contributed by atoms with Crippen molar-refractivity contribution in [2.45, 2.75) is 32.4 Å². The molecule has 0 amide bonds. The molecule has 6 nitrogen and oxygen atoms in total. The number of allylic oxidation sites excluding steroid dienone is 1. The predicted octanol–water partition coefficient (Wildman–Crippen LogP) is -0.710. The number of hydrogen-bond acceptors (Lipinski definition) is 5. The Morgan fingerprint density at radius 2 is 1.77 bits per heavy atom. The Morgan fingerprint density at radius 1 is 1.10 bits per heavy atom. The van der Waals surface area contributed by atoms with Crippen LogP contribution in [-0.4, -0.2) is 42.7 Å². The molecular formula is C24H30ClNO5. The van der Waals surface area contributed by atoms with E-state index < -0.39 is 12.1 Å². The van der Waals surface area contributed by atoms with Gasteiger partial charge in [0.2, 0.25) is 0 Å². The lowest BCUT2D eigenvalue weighted by molar-refractivity contribution is -0.693. The fraction of sp³-hybridized carbons (Fsp3) is 0.333. The first-order chi connectivity index (χ1) is 14.5. The number of quaternary nitrogens is 1. The molecule has 0 radical (unpaired) electrons. The van der Waals surface area contributed by atoms with Crippen molar-refractivity contribution in [1.29, 1.82) is 0 Å². The average Bonchev–Trinajstić information content (AvgIpc) is 2.77. The van der Waals surface area contributed by atoms with Crippen molar-refractivity contribution >= 4 is 17.8 Å². The first-order valence-corrected chi connectivity index (χ1v) is 10.1. The van der Waals surface area contributed by atoms with E-state index in [0.29, 0.717) is 25.3 Å². The Hall–Kier alpha value is -2.67. The van der Waals surface area contributed by atoms with Gasteiger partial charge in [-0.15, -0.1) is 0 Å². The van der Waals surface area contributed by atoms with Gasteiger partial charge in [-0.25, -0.2) is 4.79 Å². The Kier molecular flexibility index (Phi) is 12.2. The normalized spacial score (nSPS) is 12.6. The molecule has 2 unspecified atom stereocenters. The van der Waals surface area contributed by atoms with Crippen molar-refractivity contribution in [2.75, 3.05) is 19.8 Å². The summed E-state index contributed by atoms with van der Waals surface area (Å²) in [4.78, 5) is 23.4. The fourth-order valence-electron chi connectivity index (χ4n) is 2.86. The number of hydrogen-bond donors (Lipinski definition) is 2. The van der Waals surface area contributed by atoms with Crippen molar-refractivity contribution in [3.05, 3.63) is 71.8 Å². The monoisotopic (exact) mass is 447 g/mol. The summed E-state index contributed by atoms with van der Waals surface area (Å²) in [6.45, 7) is 4.49. The molecule has 0 spiro atoms. The van der Waals surface area contributed by atoms with Gasteiger partial charge in [-0.2, -0.15) is 0 Å². The molecule has 2 aromatic rings. The molecule has 7 heteroatoms. The second-order valence-corrected chi connectivity index (χ2v) is 6.95. The summed E-state index contributed by atoms with van der Waals surface area (Å²) in [5, 5.41) is 12.3. The highest BCUT2D eigenvalue weighted by atomic mass is 35.5. The zero-order chi connectivity index (χ0) is 21.8. The molecule has 2 atom stereocenters. The van der Waals surface area contributed by atoms with Gasteiger partial charge in [-0.05, 0) is 43.2 Å². The summed E-state index contributed by atoms with van der Waals surface area (Å²) < 4.78 is 10.1. The van der Waals surface area contributed by atoms with Gasteiger partial charge in [0.25, 0.3) is 0 Å². The number of aliphatic hydroxyl groups is 1. The molecule has 0 bridgehead atoms. The van der Waals surface area contributed by atoms with Gasteiger partial charge in [0.1, 0.15) is 17.9 Å². The maximum atomic E-state index is 12.1. The molecule has 0 aliphatic heterocycles. The van der Waals surface area contributed by atoms with Crippen LogP contribution in [-0.2, 0) is 14.3 Å². The van der Waals surface area contributed by atoms with Crippen LogP contribution in [0.2, 0.25) is 0 Å². The Balaban J connectivity index is 0.00000480. The van der Waals surface area contributed by atoms with E-state index in [2.05, 4.69) is 0 Å². The third-order valence-corrected chi connectivity index (χ3v) is 4.57. The third-order valence-electron chi connectivity index (χ3n) is 4.57. The van der Waals surface area contributed by atoms with Gasteiger partial charge in [-0.3, -0.25) is 4.79 Å². The van der Waals surface area contributed by atoms with Gasteiger partial charge in [0.15, 0.2) is 12.4 Å². The molecule has 0 aromatic heterocycles. The zero-order valence-electron chi connectivity index (χ0n) is 17.9. The minimum absolute atomic E-state index is 0. The highest BCUT2D eigenvalue weighted by molar-refractivity contribution is 5.93. The lowest BCUT2D eigenvalue weighted by Crippen LogP contribution is -3.00. The number of ether oxygens (including phenoxy) is 2. The lowest BCUT2D eigenvalue weighted by Gasteiger charge is -2.17. The maximum Gasteiger partial charge on any atom is 0.344 e. The van der Waals surface area contributed by atoms with E-state index in [0.717, 1.165) is 11.1 Å². The van der Waals surface area contributed by atoms with Gasteiger partial charge < -0.3 is 32.3 Å². The molecule has 31 heavy (non-hydrogen) atoms. The van der Waals surface area contributed by atoms with E-state index in [1.807, 2.05) is 54.7 Å². The Morgan fingerprint density at radius 3 is 2.42 bits per heavy atom. The summed E-state index contributed by atoms with van der Waals surface area (Å²) in [6.07, 6.45) is 3.13. The van der Waals surface area contributed by atoms with Crippen LogP contribution in [0.5, 0.6) is 5.75 Å². The lowest BCUT2D eigenvalue weighted by atomic mass is 10.0. The van der Waals surface area contributed by atoms with Gasteiger partial charge >= 0.3 is 5.97 Å². The van der Waals surface area contributed by atoms with Crippen LogP contribution in [0.25, 0.3) is 6.08 Å². The largest absolute Gasteiger partial charge is 1.00 e. The second kappa shape index (κ2) is 14.4.